The highest BCUT2D eigenvalue weighted by atomic mass is 16.1. The summed E-state index contributed by atoms with van der Waals surface area (Å²) in [5, 5.41) is 9.08. The van der Waals surface area contributed by atoms with E-state index in [-0.39, 0.29) is 11.4 Å². The molecule has 31 heavy (non-hydrogen) atoms. The molecule has 1 saturated heterocycles. The van der Waals surface area contributed by atoms with E-state index in [9.17, 15) is 4.79 Å². The van der Waals surface area contributed by atoms with Crippen molar-refractivity contribution in [2.24, 2.45) is 11.8 Å². The van der Waals surface area contributed by atoms with E-state index < -0.39 is 0 Å². The molecule has 0 aromatic carbocycles. The van der Waals surface area contributed by atoms with E-state index in [1.807, 2.05) is 4.68 Å². The van der Waals surface area contributed by atoms with Gasteiger partial charge in [-0.3, -0.25) is 4.79 Å². The van der Waals surface area contributed by atoms with Crippen molar-refractivity contribution in [1.29, 1.82) is 0 Å². The minimum atomic E-state index is -0.120. The largest absolute Gasteiger partial charge is 0.356 e. The first-order valence-corrected chi connectivity index (χ1v) is 11.8. The van der Waals surface area contributed by atoms with Gasteiger partial charge >= 0.3 is 0 Å². The summed E-state index contributed by atoms with van der Waals surface area (Å²) < 4.78 is 2.03. The molecule has 1 unspecified atom stereocenters. The fourth-order valence-corrected chi connectivity index (χ4v) is 4.89. The van der Waals surface area contributed by atoms with Crippen LogP contribution in [0.25, 0.3) is 11.0 Å². The molecule has 0 radical (unpaired) electrons. The van der Waals surface area contributed by atoms with Crippen molar-refractivity contribution in [2.75, 3.05) is 26.2 Å². The molecular formula is C25H41N5O. The summed E-state index contributed by atoms with van der Waals surface area (Å²) in [5.41, 5.74) is 5.23. The van der Waals surface area contributed by atoms with Gasteiger partial charge in [-0.25, -0.2) is 9.67 Å². The van der Waals surface area contributed by atoms with Crippen molar-refractivity contribution >= 4 is 16.9 Å². The predicted octanol–water partition coefficient (Wildman–Crippen LogP) is 4.14. The predicted molar refractivity (Wildman–Crippen MR) is 127 cm³/mol. The quantitative estimate of drug-likeness (QED) is 0.721. The third-order valence-electron chi connectivity index (χ3n) is 6.39. The first kappa shape index (κ1) is 23.7. The average molecular weight is 428 g/mol. The van der Waals surface area contributed by atoms with Crippen LogP contribution < -0.4 is 5.32 Å². The lowest BCUT2D eigenvalue weighted by Crippen LogP contribution is -2.32. The topological polar surface area (TPSA) is 63.1 Å². The number of carbonyl (C=O) groups is 1. The lowest BCUT2D eigenvalue weighted by molar-refractivity contribution is -0.121. The first-order chi connectivity index (χ1) is 14.5. The smallest absolute Gasteiger partial charge is 0.220 e. The second kappa shape index (κ2) is 9.27. The lowest BCUT2D eigenvalue weighted by atomic mass is 9.99. The van der Waals surface area contributed by atoms with Gasteiger partial charge in [-0.05, 0) is 83.9 Å². The van der Waals surface area contributed by atoms with Gasteiger partial charge in [0.25, 0.3) is 0 Å². The summed E-state index contributed by atoms with van der Waals surface area (Å²) >= 11 is 0. The molecule has 6 nitrogen and oxygen atoms in total. The molecule has 6 heteroatoms. The SMILES string of the molecule is Cc1nc2c(c(C)nn2C(C)(C)C)c(C)c1CCC(=O)NCC1CCN(CC(C)C)C1. The van der Waals surface area contributed by atoms with Gasteiger partial charge in [0, 0.05) is 37.1 Å². The molecule has 1 aliphatic rings. The van der Waals surface area contributed by atoms with Crippen LogP contribution in [0.2, 0.25) is 0 Å². The van der Waals surface area contributed by atoms with E-state index in [4.69, 9.17) is 10.1 Å². The number of nitrogens with zero attached hydrogens (tertiary/aromatic N) is 4. The zero-order valence-electron chi connectivity index (χ0n) is 20.8. The maximum Gasteiger partial charge on any atom is 0.220 e. The first-order valence-electron chi connectivity index (χ1n) is 11.8. The minimum Gasteiger partial charge on any atom is -0.356 e. The fraction of sp³-hybridized carbons (Fsp3) is 0.720. The second-order valence-corrected chi connectivity index (χ2v) is 10.8. The molecule has 3 rings (SSSR count). The molecule has 1 fully saturated rings. The molecule has 1 amide bonds. The van der Waals surface area contributed by atoms with E-state index >= 15 is 0 Å². The third kappa shape index (κ3) is 5.46. The minimum absolute atomic E-state index is 0.120. The Balaban J connectivity index is 1.62. The number of aromatic nitrogens is 3. The molecule has 1 N–H and O–H groups in total. The van der Waals surface area contributed by atoms with Gasteiger partial charge < -0.3 is 10.2 Å². The van der Waals surface area contributed by atoms with Crippen LogP contribution in [0.4, 0.5) is 0 Å². The number of pyridine rings is 1. The molecule has 3 heterocycles. The summed E-state index contributed by atoms with van der Waals surface area (Å²) in [7, 11) is 0. The Morgan fingerprint density at radius 2 is 1.90 bits per heavy atom. The van der Waals surface area contributed by atoms with Crippen molar-refractivity contribution in [3.63, 3.8) is 0 Å². The van der Waals surface area contributed by atoms with Crippen molar-refractivity contribution in [1.82, 2.24) is 25.0 Å². The molecule has 0 saturated carbocycles. The Labute approximate surface area is 187 Å². The third-order valence-corrected chi connectivity index (χ3v) is 6.39. The highest BCUT2D eigenvalue weighted by Crippen LogP contribution is 2.29. The number of rotatable bonds is 7. The maximum absolute atomic E-state index is 12.6. The van der Waals surface area contributed by atoms with Gasteiger partial charge in [-0.15, -0.1) is 0 Å². The Hall–Kier alpha value is -1.95. The Morgan fingerprint density at radius 3 is 2.55 bits per heavy atom. The number of nitrogens with one attached hydrogen (secondary N) is 1. The number of carbonyl (C=O) groups excluding carboxylic acids is 1. The van der Waals surface area contributed by atoms with Crippen molar-refractivity contribution in [3.05, 3.63) is 22.5 Å². The number of amides is 1. The second-order valence-electron chi connectivity index (χ2n) is 10.8. The number of fused-ring (bicyclic) bond motifs is 1. The molecular weight excluding hydrogens is 386 g/mol. The molecule has 2 aromatic rings. The lowest BCUT2D eigenvalue weighted by Gasteiger charge is -2.20. The maximum atomic E-state index is 12.6. The van der Waals surface area contributed by atoms with E-state index in [0.29, 0.717) is 18.3 Å². The molecule has 1 aliphatic heterocycles. The number of hydrogen-bond donors (Lipinski definition) is 1. The van der Waals surface area contributed by atoms with Gasteiger partial charge in [0.15, 0.2) is 5.65 Å². The summed E-state index contributed by atoms with van der Waals surface area (Å²) in [5.74, 6) is 1.42. The molecule has 0 bridgehead atoms. The highest BCUT2D eigenvalue weighted by molar-refractivity contribution is 5.84. The van der Waals surface area contributed by atoms with E-state index in [1.165, 1.54) is 17.5 Å². The van der Waals surface area contributed by atoms with Crippen LogP contribution in [0.1, 0.15) is 70.0 Å². The average Bonchev–Trinajstić information content (AvgIpc) is 3.23. The van der Waals surface area contributed by atoms with Crippen molar-refractivity contribution in [2.45, 2.75) is 80.2 Å². The Morgan fingerprint density at radius 1 is 1.19 bits per heavy atom. The standard InChI is InChI=1S/C25H41N5O/c1-16(2)14-29-12-11-20(15-29)13-26-22(31)10-9-21-17(3)23-19(5)28-30(25(6,7)8)24(23)27-18(21)4/h16,20H,9-15H2,1-8H3,(H,26,31). The molecule has 2 aromatic heterocycles. The fourth-order valence-electron chi connectivity index (χ4n) is 4.89. The highest BCUT2D eigenvalue weighted by Gasteiger charge is 2.24. The number of hydrogen-bond acceptors (Lipinski definition) is 4. The van der Waals surface area contributed by atoms with Crippen LogP contribution >= 0.6 is 0 Å². The van der Waals surface area contributed by atoms with Gasteiger partial charge in [0.1, 0.15) is 0 Å². The normalized spacial score (nSPS) is 17.8. The monoisotopic (exact) mass is 427 g/mol. The Bertz CT molecular complexity index is 938. The zero-order valence-corrected chi connectivity index (χ0v) is 20.8. The zero-order chi connectivity index (χ0) is 22.9. The summed E-state index contributed by atoms with van der Waals surface area (Å²) in [4.78, 5) is 20.0. The van der Waals surface area contributed by atoms with E-state index in [2.05, 4.69) is 65.6 Å². The molecule has 0 spiro atoms. The van der Waals surface area contributed by atoms with Crippen molar-refractivity contribution < 1.29 is 4.79 Å². The summed E-state index contributed by atoms with van der Waals surface area (Å²) in [6.45, 7) is 21.4. The van der Waals surface area contributed by atoms with Crippen LogP contribution in [0, 0.1) is 32.6 Å². The molecule has 172 valence electrons. The molecule has 0 aliphatic carbocycles. The van der Waals surface area contributed by atoms with E-state index in [0.717, 1.165) is 55.0 Å². The van der Waals surface area contributed by atoms with Crippen molar-refractivity contribution in [3.8, 4) is 0 Å². The van der Waals surface area contributed by atoms with Crippen LogP contribution in [0.5, 0.6) is 0 Å². The van der Waals surface area contributed by atoms with Crippen LogP contribution in [0.3, 0.4) is 0 Å². The van der Waals surface area contributed by atoms with Gasteiger partial charge in [0.2, 0.25) is 5.91 Å². The molecule has 1 atom stereocenters. The van der Waals surface area contributed by atoms with Gasteiger partial charge in [-0.2, -0.15) is 5.10 Å². The van der Waals surface area contributed by atoms with Gasteiger partial charge in [-0.1, -0.05) is 13.8 Å². The number of aryl methyl sites for hydroxylation is 3. The number of likely N-dealkylation sites (tertiary alicyclic amines) is 1. The summed E-state index contributed by atoms with van der Waals surface area (Å²) in [6, 6.07) is 0. The van der Waals surface area contributed by atoms with Crippen LogP contribution in [-0.4, -0.2) is 51.8 Å². The van der Waals surface area contributed by atoms with E-state index in [1.54, 1.807) is 0 Å². The van der Waals surface area contributed by atoms with Gasteiger partial charge in [0.05, 0.1) is 11.2 Å². The Kier molecular flexibility index (Phi) is 7.09. The summed E-state index contributed by atoms with van der Waals surface area (Å²) in [6.07, 6.45) is 2.41. The van der Waals surface area contributed by atoms with Crippen LogP contribution in [0.15, 0.2) is 0 Å². The van der Waals surface area contributed by atoms with Crippen LogP contribution in [-0.2, 0) is 16.8 Å².